The molecule has 0 aliphatic carbocycles. The lowest BCUT2D eigenvalue weighted by Gasteiger charge is -2.14. The number of furan rings is 1. The predicted octanol–water partition coefficient (Wildman–Crippen LogP) is 13.4. The number of hydrogen-bond donors (Lipinski definition) is 0. The van der Waals surface area contributed by atoms with Crippen LogP contribution in [0, 0.1) is 6.92 Å². The van der Waals surface area contributed by atoms with Crippen LogP contribution in [-0.4, -0.2) is 9.13 Å². The molecule has 0 unspecified atom stereocenters. The Balaban J connectivity index is 1.10. The normalized spacial score (nSPS) is 11.9. The number of benzene rings is 8. The summed E-state index contributed by atoms with van der Waals surface area (Å²) >= 11 is 0. The maximum absolute atomic E-state index is 6.53. The molecule has 0 saturated carbocycles. The molecular weight excluding hydrogens is 633 g/mol. The fourth-order valence-corrected chi connectivity index (χ4v) is 8.39. The highest BCUT2D eigenvalue weighted by Gasteiger charge is 2.20. The van der Waals surface area contributed by atoms with Gasteiger partial charge in [-0.2, -0.15) is 0 Å². The zero-order chi connectivity index (χ0) is 34.3. The van der Waals surface area contributed by atoms with Crippen LogP contribution in [0.25, 0.3) is 99.2 Å². The van der Waals surface area contributed by atoms with Gasteiger partial charge in [0.15, 0.2) is 0 Å². The number of hydrogen-bond acceptors (Lipinski definition) is 1. The van der Waals surface area contributed by atoms with E-state index in [2.05, 4.69) is 186 Å². The number of rotatable bonds is 4. The van der Waals surface area contributed by atoms with E-state index >= 15 is 0 Å². The summed E-state index contributed by atoms with van der Waals surface area (Å²) in [6.45, 7) is 2.14. The minimum atomic E-state index is 0.907. The lowest BCUT2D eigenvalue weighted by Crippen LogP contribution is -1.97. The molecule has 0 spiro atoms. The van der Waals surface area contributed by atoms with Gasteiger partial charge in [-0.25, -0.2) is 0 Å². The average molecular weight is 665 g/mol. The van der Waals surface area contributed by atoms with Crippen molar-refractivity contribution in [2.24, 2.45) is 0 Å². The molecule has 3 heteroatoms. The molecule has 0 aliphatic rings. The zero-order valence-electron chi connectivity index (χ0n) is 28.5. The van der Waals surface area contributed by atoms with Gasteiger partial charge in [-0.1, -0.05) is 121 Å². The highest BCUT2D eigenvalue weighted by atomic mass is 16.3. The Morgan fingerprint density at radius 2 is 0.923 bits per heavy atom. The fraction of sp³-hybridized carbons (Fsp3) is 0.0204. The van der Waals surface area contributed by atoms with Gasteiger partial charge in [0.1, 0.15) is 11.2 Å². The molecule has 0 saturated heterocycles. The van der Waals surface area contributed by atoms with Gasteiger partial charge in [0.05, 0.1) is 27.8 Å². The fourth-order valence-electron chi connectivity index (χ4n) is 8.39. The van der Waals surface area contributed by atoms with E-state index in [1.807, 2.05) is 6.07 Å². The summed E-state index contributed by atoms with van der Waals surface area (Å²) in [5.41, 5.74) is 14.8. The van der Waals surface area contributed by atoms with Gasteiger partial charge in [0, 0.05) is 49.1 Å². The summed E-state index contributed by atoms with van der Waals surface area (Å²) in [5.74, 6) is 0. The van der Waals surface area contributed by atoms with Crippen molar-refractivity contribution in [2.45, 2.75) is 6.92 Å². The van der Waals surface area contributed by atoms with Gasteiger partial charge in [-0.05, 0) is 78.7 Å². The Labute approximate surface area is 300 Å². The number of para-hydroxylation sites is 5. The number of nitrogens with zero attached hydrogens (tertiary/aromatic N) is 2. The van der Waals surface area contributed by atoms with Crippen LogP contribution in [-0.2, 0) is 0 Å². The minimum Gasteiger partial charge on any atom is -0.455 e. The molecular formula is C49H32N2O. The van der Waals surface area contributed by atoms with Gasteiger partial charge in [0.25, 0.3) is 0 Å². The molecule has 8 aromatic carbocycles. The van der Waals surface area contributed by atoms with E-state index in [0.717, 1.165) is 38.8 Å². The Hall–Kier alpha value is -6.84. The smallest absolute Gasteiger partial charge is 0.143 e. The SMILES string of the molecule is Cc1ccc(-n2c3ccccc3c3cc(-c4ccc5c(c4)c4ccccc4n5-c4ccccc4-c4cccc5c4oc4ccccc45)ccc32)cc1. The van der Waals surface area contributed by atoms with Crippen molar-refractivity contribution in [3.8, 4) is 33.6 Å². The van der Waals surface area contributed by atoms with Crippen LogP contribution in [0.4, 0.5) is 0 Å². The van der Waals surface area contributed by atoms with Crippen LogP contribution in [0.1, 0.15) is 5.56 Å². The molecule has 52 heavy (non-hydrogen) atoms. The van der Waals surface area contributed by atoms with E-state index in [-0.39, 0.29) is 0 Å². The van der Waals surface area contributed by atoms with Gasteiger partial charge in [-0.15, -0.1) is 0 Å². The first kappa shape index (κ1) is 28.9. The van der Waals surface area contributed by atoms with Crippen LogP contribution in [0.3, 0.4) is 0 Å². The largest absolute Gasteiger partial charge is 0.455 e. The Morgan fingerprint density at radius 3 is 1.65 bits per heavy atom. The molecule has 0 aliphatic heterocycles. The minimum absolute atomic E-state index is 0.907. The maximum atomic E-state index is 6.53. The molecule has 3 heterocycles. The van der Waals surface area contributed by atoms with Crippen molar-refractivity contribution in [3.05, 3.63) is 181 Å². The van der Waals surface area contributed by atoms with E-state index < -0.39 is 0 Å². The first-order valence-electron chi connectivity index (χ1n) is 17.9. The number of aryl methyl sites for hydroxylation is 1. The quantitative estimate of drug-likeness (QED) is 0.184. The van der Waals surface area contributed by atoms with Crippen LogP contribution < -0.4 is 0 Å². The van der Waals surface area contributed by atoms with Gasteiger partial charge in [-0.3, -0.25) is 0 Å². The lowest BCUT2D eigenvalue weighted by molar-refractivity contribution is 0.670. The van der Waals surface area contributed by atoms with E-state index in [0.29, 0.717) is 0 Å². The lowest BCUT2D eigenvalue weighted by atomic mass is 10.00. The molecule has 0 amide bonds. The first-order valence-corrected chi connectivity index (χ1v) is 17.9. The van der Waals surface area contributed by atoms with Crippen molar-refractivity contribution in [2.75, 3.05) is 0 Å². The van der Waals surface area contributed by atoms with Gasteiger partial charge >= 0.3 is 0 Å². The zero-order valence-corrected chi connectivity index (χ0v) is 28.5. The Morgan fingerprint density at radius 1 is 0.385 bits per heavy atom. The third kappa shape index (κ3) is 4.20. The molecule has 0 radical (unpaired) electrons. The molecule has 3 nitrogen and oxygen atoms in total. The maximum Gasteiger partial charge on any atom is 0.143 e. The van der Waals surface area contributed by atoms with Gasteiger partial charge < -0.3 is 13.6 Å². The van der Waals surface area contributed by atoms with E-state index in [4.69, 9.17) is 4.42 Å². The van der Waals surface area contributed by atoms with E-state index in [1.54, 1.807) is 0 Å². The topological polar surface area (TPSA) is 23.0 Å². The Kier molecular flexibility index (Phi) is 6.17. The summed E-state index contributed by atoms with van der Waals surface area (Å²) in [4.78, 5) is 0. The monoisotopic (exact) mass is 664 g/mol. The van der Waals surface area contributed by atoms with Crippen molar-refractivity contribution in [1.29, 1.82) is 0 Å². The predicted molar refractivity (Wildman–Crippen MR) is 218 cm³/mol. The van der Waals surface area contributed by atoms with Crippen molar-refractivity contribution >= 4 is 65.6 Å². The second-order valence-electron chi connectivity index (χ2n) is 13.8. The molecule has 0 atom stereocenters. The van der Waals surface area contributed by atoms with E-state index in [1.165, 1.54) is 66.0 Å². The third-order valence-corrected chi connectivity index (χ3v) is 10.8. The second kappa shape index (κ2) is 11.1. The summed E-state index contributed by atoms with van der Waals surface area (Å²) in [7, 11) is 0. The van der Waals surface area contributed by atoms with Crippen molar-refractivity contribution < 1.29 is 4.42 Å². The third-order valence-electron chi connectivity index (χ3n) is 10.8. The summed E-state index contributed by atoms with van der Waals surface area (Å²) in [5, 5.41) is 7.24. The summed E-state index contributed by atoms with van der Waals surface area (Å²) in [6.07, 6.45) is 0. The highest BCUT2D eigenvalue weighted by molar-refractivity contribution is 6.14. The van der Waals surface area contributed by atoms with Gasteiger partial charge in [0.2, 0.25) is 0 Å². The molecule has 11 rings (SSSR count). The number of aromatic nitrogens is 2. The Bertz CT molecular complexity index is 3190. The standard InChI is InChI=1S/C49H32N2O/c1-31-21-25-34(26-22-31)50-43-17-6-3-12-36(43)41-29-32(23-27-46(41)50)33-24-28-47-42(30-33)37-13-4-8-19-45(37)51(47)44-18-7-2-11-35(44)39-15-10-16-40-38-14-5-9-20-48(38)52-49(39)40/h2-30H,1H3. The van der Waals surface area contributed by atoms with Crippen LogP contribution in [0.5, 0.6) is 0 Å². The van der Waals surface area contributed by atoms with Crippen molar-refractivity contribution in [3.63, 3.8) is 0 Å². The van der Waals surface area contributed by atoms with E-state index in [9.17, 15) is 0 Å². The molecule has 0 fully saturated rings. The first-order chi connectivity index (χ1) is 25.7. The average Bonchev–Trinajstić information content (AvgIpc) is 3.86. The molecule has 0 N–H and O–H groups in total. The summed E-state index contributed by atoms with van der Waals surface area (Å²) in [6, 6.07) is 63.7. The summed E-state index contributed by atoms with van der Waals surface area (Å²) < 4.78 is 11.3. The molecule has 0 bridgehead atoms. The van der Waals surface area contributed by atoms with Crippen molar-refractivity contribution in [1.82, 2.24) is 9.13 Å². The van der Waals surface area contributed by atoms with Crippen LogP contribution in [0.15, 0.2) is 180 Å². The second-order valence-corrected chi connectivity index (χ2v) is 13.8. The van der Waals surface area contributed by atoms with Crippen LogP contribution in [0.2, 0.25) is 0 Å². The molecule has 3 aromatic heterocycles. The highest BCUT2D eigenvalue weighted by Crippen LogP contribution is 2.42. The number of fused-ring (bicyclic) bond motifs is 9. The molecule has 244 valence electrons. The molecule has 11 aromatic rings. The van der Waals surface area contributed by atoms with Crippen LogP contribution >= 0.6 is 0 Å².